The number of carbonyl (C=O) groups excluding carboxylic acids is 1. The first-order valence-electron chi connectivity index (χ1n) is 14.2. The van der Waals surface area contributed by atoms with E-state index < -0.39 is 5.56 Å². The molecule has 0 spiro atoms. The molecule has 1 amide bonds. The van der Waals surface area contributed by atoms with Crippen LogP contribution in [0.4, 0.5) is 0 Å². The summed E-state index contributed by atoms with van der Waals surface area (Å²) >= 11 is 0. The Bertz CT molecular complexity index is 1440. The normalized spacial score (nSPS) is 18.1. The molecule has 0 aliphatic carbocycles. The van der Waals surface area contributed by atoms with Gasteiger partial charge in [-0.25, -0.2) is 4.98 Å². The second-order valence-corrected chi connectivity index (χ2v) is 10.7. The molecule has 2 aliphatic heterocycles. The molecule has 5 rings (SSSR count). The van der Waals surface area contributed by atoms with Crippen LogP contribution in [0.25, 0.3) is 0 Å². The van der Waals surface area contributed by atoms with Crippen LogP contribution in [0.1, 0.15) is 47.2 Å². The maximum Gasteiger partial charge on any atom is 0.293 e. The molecule has 0 bridgehead atoms. The van der Waals surface area contributed by atoms with Crippen LogP contribution in [0.5, 0.6) is 5.75 Å². The highest BCUT2D eigenvalue weighted by atomic mass is 16.5. The van der Waals surface area contributed by atoms with Crippen molar-refractivity contribution in [3.63, 3.8) is 0 Å². The van der Waals surface area contributed by atoms with Crippen molar-refractivity contribution in [2.24, 2.45) is 0 Å². The predicted octanol–water partition coefficient (Wildman–Crippen LogP) is 2.24. The molecule has 2 aromatic carbocycles. The summed E-state index contributed by atoms with van der Waals surface area (Å²) in [4.78, 5) is 34.6. The standard InChI is InChI=1S/C32H37N5O4/c1-23(38)37-13-12-29(21-37)33-19-28(18-30-31(39)32(40)35-22-34-30)27-10-8-25(9-11-27)3-2-24-4-6-26(7-5-24)20-36-14-16-41-17-15-36/h4-11,22,28-29,33,39H,12-21H2,1H3,(H,34,35,40). The van der Waals surface area contributed by atoms with Gasteiger partial charge in [-0.05, 0) is 41.8 Å². The Morgan fingerprint density at radius 2 is 1.78 bits per heavy atom. The fraction of sp³-hybridized carbons (Fsp3) is 0.406. The van der Waals surface area contributed by atoms with Crippen LogP contribution in [0.3, 0.4) is 0 Å². The minimum absolute atomic E-state index is 0.0393. The smallest absolute Gasteiger partial charge is 0.293 e. The van der Waals surface area contributed by atoms with Crippen molar-refractivity contribution < 1.29 is 14.6 Å². The first-order chi connectivity index (χ1) is 19.9. The Morgan fingerprint density at radius 3 is 2.44 bits per heavy atom. The third-order valence-electron chi connectivity index (χ3n) is 7.83. The summed E-state index contributed by atoms with van der Waals surface area (Å²) in [5.41, 5.74) is 4.01. The highest BCUT2D eigenvalue weighted by Gasteiger charge is 2.25. The van der Waals surface area contributed by atoms with Crippen molar-refractivity contribution in [1.82, 2.24) is 25.1 Å². The Morgan fingerprint density at radius 1 is 1.10 bits per heavy atom. The second kappa shape index (κ2) is 13.6. The maximum atomic E-state index is 11.9. The third kappa shape index (κ3) is 7.82. The summed E-state index contributed by atoms with van der Waals surface area (Å²) in [6.45, 7) is 8.09. The number of nitrogens with one attached hydrogen (secondary N) is 2. The molecular formula is C32H37N5O4. The Hall–Kier alpha value is -3.97. The van der Waals surface area contributed by atoms with Gasteiger partial charge in [-0.1, -0.05) is 36.1 Å². The van der Waals surface area contributed by atoms with E-state index in [1.54, 1.807) is 6.92 Å². The summed E-state index contributed by atoms with van der Waals surface area (Å²) in [6.07, 6.45) is 2.61. The van der Waals surface area contributed by atoms with Crippen LogP contribution in [0, 0.1) is 11.8 Å². The predicted molar refractivity (Wildman–Crippen MR) is 157 cm³/mol. The SMILES string of the molecule is CC(=O)N1CCC(NCC(Cc2nc[nH]c(=O)c2O)c2ccc(C#Cc3ccc(CN4CCOCC4)cc3)cc2)C1. The van der Waals surface area contributed by atoms with Crippen molar-refractivity contribution in [3.05, 3.63) is 93.2 Å². The van der Waals surface area contributed by atoms with Crippen LogP contribution in [-0.4, -0.2) is 82.8 Å². The van der Waals surface area contributed by atoms with Gasteiger partial charge in [0.1, 0.15) is 0 Å². The molecule has 1 aromatic heterocycles. The quantitative estimate of drug-likeness (QED) is 0.366. The highest BCUT2D eigenvalue weighted by Crippen LogP contribution is 2.24. The number of hydrogen-bond donors (Lipinski definition) is 3. The molecule has 2 fully saturated rings. The molecule has 2 atom stereocenters. The lowest BCUT2D eigenvalue weighted by Gasteiger charge is -2.26. The van der Waals surface area contributed by atoms with Crippen molar-refractivity contribution in [2.45, 2.75) is 38.3 Å². The average molecular weight is 556 g/mol. The van der Waals surface area contributed by atoms with E-state index in [1.807, 2.05) is 29.2 Å². The van der Waals surface area contributed by atoms with Crippen LogP contribution < -0.4 is 10.9 Å². The Labute approximate surface area is 240 Å². The van der Waals surface area contributed by atoms with E-state index in [1.165, 1.54) is 11.9 Å². The van der Waals surface area contributed by atoms with Gasteiger partial charge in [0.15, 0.2) is 0 Å². The molecule has 0 saturated carbocycles. The number of likely N-dealkylation sites (tertiary alicyclic amines) is 1. The molecule has 0 radical (unpaired) electrons. The van der Waals surface area contributed by atoms with Gasteiger partial charge in [-0.15, -0.1) is 0 Å². The van der Waals surface area contributed by atoms with E-state index in [-0.39, 0.29) is 23.6 Å². The monoisotopic (exact) mass is 555 g/mol. The number of aromatic hydroxyl groups is 1. The maximum absolute atomic E-state index is 11.9. The summed E-state index contributed by atoms with van der Waals surface area (Å²) in [5, 5.41) is 13.9. The molecule has 2 aliphatic rings. The van der Waals surface area contributed by atoms with Gasteiger partial charge in [0.25, 0.3) is 5.56 Å². The second-order valence-electron chi connectivity index (χ2n) is 10.7. The van der Waals surface area contributed by atoms with Crippen molar-refractivity contribution in [3.8, 4) is 17.6 Å². The number of rotatable bonds is 8. The minimum atomic E-state index is -0.547. The zero-order valence-electron chi connectivity index (χ0n) is 23.4. The van der Waals surface area contributed by atoms with Crippen molar-refractivity contribution in [2.75, 3.05) is 45.9 Å². The van der Waals surface area contributed by atoms with E-state index >= 15 is 0 Å². The fourth-order valence-electron chi connectivity index (χ4n) is 5.34. The zero-order valence-corrected chi connectivity index (χ0v) is 23.4. The van der Waals surface area contributed by atoms with Crippen LogP contribution >= 0.6 is 0 Å². The van der Waals surface area contributed by atoms with Gasteiger partial charge in [0.05, 0.1) is 25.2 Å². The van der Waals surface area contributed by atoms with Gasteiger partial charge in [-0.3, -0.25) is 14.5 Å². The first kappa shape index (κ1) is 28.6. The molecule has 3 heterocycles. The van der Waals surface area contributed by atoms with E-state index in [9.17, 15) is 14.7 Å². The van der Waals surface area contributed by atoms with E-state index in [0.717, 1.165) is 62.5 Å². The number of ether oxygens (including phenoxy) is 1. The minimum Gasteiger partial charge on any atom is -0.502 e. The molecule has 3 N–H and O–H groups in total. The summed E-state index contributed by atoms with van der Waals surface area (Å²) in [6, 6.07) is 16.7. The number of H-pyrrole nitrogens is 1. The Balaban J connectivity index is 1.25. The molecular weight excluding hydrogens is 518 g/mol. The largest absolute Gasteiger partial charge is 0.502 e. The van der Waals surface area contributed by atoms with Gasteiger partial charge >= 0.3 is 0 Å². The summed E-state index contributed by atoms with van der Waals surface area (Å²) in [7, 11) is 0. The number of nitrogens with zero attached hydrogens (tertiary/aromatic N) is 3. The molecule has 3 aromatic rings. The number of amides is 1. The van der Waals surface area contributed by atoms with Crippen LogP contribution in [0.15, 0.2) is 59.7 Å². The van der Waals surface area contributed by atoms with E-state index in [4.69, 9.17) is 4.74 Å². The molecule has 9 nitrogen and oxygen atoms in total. The molecule has 214 valence electrons. The molecule has 9 heteroatoms. The first-order valence-corrected chi connectivity index (χ1v) is 14.2. The van der Waals surface area contributed by atoms with Crippen molar-refractivity contribution >= 4 is 5.91 Å². The number of aromatic nitrogens is 2. The topological polar surface area (TPSA) is 111 Å². The zero-order chi connectivity index (χ0) is 28.6. The average Bonchev–Trinajstić information content (AvgIpc) is 3.48. The third-order valence-corrected chi connectivity index (χ3v) is 7.83. The van der Waals surface area contributed by atoms with Crippen molar-refractivity contribution in [1.29, 1.82) is 0 Å². The van der Waals surface area contributed by atoms with Gasteiger partial charge < -0.3 is 25.0 Å². The van der Waals surface area contributed by atoms with E-state index in [0.29, 0.717) is 25.2 Å². The number of carbonyl (C=O) groups is 1. The lowest BCUT2D eigenvalue weighted by atomic mass is 9.92. The number of benzene rings is 2. The summed E-state index contributed by atoms with van der Waals surface area (Å²) < 4.78 is 5.43. The lowest BCUT2D eigenvalue weighted by molar-refractivity contribution is -0.127. The van der Waals surface area contributed by atoms with Gasteiger partial charge in [0.2, 0.25) is 11.7 Å². The summed E-state index contributed by atoms with van der Waals surface area (Å²) in [5.74, 6) is 6.22. The highest BCUT2D eigenvalue weighted by molar-refractivity contribution is 5.73. The van der Waals surface area contributed by atoms with Crippen LogP contribution in [-0.2, 0) is 22.5 Å². The fourth-order valence-corrected chi connectivity index (χ4v) is 5.34. The number of hydrogen-bond acceptors (Lipinski definition) is 7. The van der Waals surface area contributed by atoms with Crippen LogP contribution in [0.2, 0.25) is 0 Å². The molecule has 41 heavy (non-hydrogen) atoms. The molecule has 2 unspecified atom stereocenters. The van der Waals surface area contributed by atoms with E-state index in [2.05, 4.69) is 56.3 Å². The lowest BCUT2D eigenvalue weighted by Crippen LogP contribution is -2.36. The number of morpholine rings is 1. The van der Waals surface area contributed by atoms with Gasteiger partial charge in [0, 0.05) is 75.7 Å². The number of aromatic amines is 1. The Kier molecular flexibility index (Phi) is 9.47. The van der Waals surface area contributed by atoms with Gasteiger partial charge in [-0.2, -0.15) is 0 Å². The molecule has 2 saturated heterocycles.